The van der Waals surface area contributed by atoms with Crippen molar-refractivity contribution in [3.8, 4) is 28.6 Å². The Labute approximate surface area is 175 Å². The Kier molecular flexibility index (Phi) is 6.19. The van der Waals surface area contributed by atoms with Crippen LogP contribution in [0.25, 0.3) is 17.1 Å². The average Bonchev–Trinajstić information content (AvgIpc) is 3.11. The summed E-state index contributed by atoms with van der Waals surface area (Å²) in [5.41, 5.74) is 5.28. The molecular weight excluding hydrogens is 418 g/mol. The molecule has 0 saturated carbocycles. The fourth-order valence-corrected chi connectivity index (χ4v) is 3.03. The van der Waals surface area contributed by atoms with Crippen molar-refractivity contribution in [1.29, 1.82) is 0 Å². The third kappa shape index (κ3) is 4.47. The number of primary amides is 1. The number of imidazole rings is 1. The molecule has 3 aromatic rings. The first kappa shape index (κ1) is 22.1. The molecule has 164 valence electrons. The fraction of sp³-hybridized carbons (Fsp3) is 0.238. The summed E-state index contributed by atoms with van der Waals surface area (Å²) in [6.45, 7) is 0.500. The minimum Gasteiger partial charge on any atom is -0.497 e. The van der Waals surface area contributed by atoms with Crippen LogP contribution in [0.2, 0.25) is 0 Å². The average molecular weight is 437 g/mol. The number of alkyl halides is 2. The summed E-state index contributed by atoms with van der Waals surface area (Å²) in [5.74, 6) is -3.31. The highest BCUT2D eigenvalue weighted by Gasteiger charge is 2.24. The summed E-state index contributed by atoms with van der Waals surface area (Å²) in [6, 6.07) is 5.42. The van der Waals surface area contributed by atoms with Gasteiger partial charge in [0, 0.05) is 23.9 Å². The van der Waals surface area contributed by atoms with E-state index in [4.69, 9.17) is 10.5 Å². The van der Waals surface area contributed by atoms with Crippen LogP contribution in [0.3, 0.4) is 0 Å². The largest absolute Gasteiger partial charge is 0.497 e. The van der Waals surface area contributed by atoms with Gasteiger partial charge in [-0.3, -0.25) is 9.36 Å². The van der Waals surface area contributed by atoms with E-state index in [-0.39, 0.29) is 34.4 Å². The Morgan fingerprint density at radius 2 is 1.74 bits per heavy atom. The molecule has 0 fully saturated rings. The SMILES string of the molecule is COc1cc(F)c(-n2cc(C(C)C)nc2-c2cc(OC(F)F)ccc2C(N)=O)c(F)c1. The Bertz CT molecular complexity index is 1110. The number of rotatable bonds is 7. The van der Waals surface area contributed by atoms with Gasteiger partial charge in [-0.2, -0.15) is 8.78 Å². The number of ether oxygens (including phenoxy) is 2. The van der Waals surface area contributed by atoms with E-state index in [0.717, 1.165) is 28.8 Å². The summed E-state index contributed by atoms with van der Waals surface area (Å²) in [6.07, 6.45) is 1.40. The molecule has 1 amide bonds. The monoisotopic (exact) mass is 437 g/mol. The van der Waals surface area contributed by atoms with Gasteiger partial charge >= 0.3 is 6.61 Å². The van der Waals surface area contributed by atoms with Crippen LogP contribution in [0.4, 0.5) is 17.6 Å². The number of aromatic nitrogens is 2. The molecule has 0 atom stereocenters. The molecule has 0 saturated heterocycles. The zero-order chi connectivity index (χ0) is 22.9. The smallest absolute Gasteiger partial charge is 0.387 e. The second-order valence-electron chi connectivity index (χ2n) is 6.90. The van der Waals surface area contributed by atoms with E-state index in [9.17, 15) is 22.4 Å². The molecule has 0 aliphatic rings. The number of methoxy groups -OCH3 is 1. The number of nitrogens with two attached hydrogens (primary N) is 1. The zero-order valence-corrected chi connectivity index (χ0v) is 16.8. The van der Waals surface area contributed by atoms with Gasteiger partial charge in [-0.25, -0.2) is 13.8 Å². The van der Waals surface area contributed by atoms with E-state index in [1.165, 1.54) is 19.4 Å². The summed E-state index contributed by atoms with van der Waals surface area (Å²) >= 11 is 0. The lowest BCUT2D eigenvalue weighted by Crippen LogP contribution is -2.14. The highest BCUT2D eigenvalue weighted by atomic mass is 19.3. The second-order valence-corrected chi connectivity index (χ2v) is 6.90. The first-order valence-corrected chi connectivity index (χ1v) is 9.14. The van der Waals surface area contributed by atoms with E-state index in [1.54, 1.807) is 0 Å². The topological polar surface area (TPSA) is 79.4 Å². The van der Waals surface area contributed by atoms with Crippen LogP contribution < -0.4 is 15.2 Å². The van der Waals surface area contributed by atoms with Crippen LogP contribution in [-0.2, 0) is 0 Å². The molecular formula is C21H19F4N3O3. The van der Waals surface area contributed by atoms with Gasteiger partial charge in [-0.05, 0) is 24.1 Å². The zero-order valence-electron chi connectivity index (χ0n) is 16.8. The van der Waals surface area contributed by atoms with Gasteiger partial charge < -0.3 is 15.2 Å². The van der Waals surface area contributed by atoms with E-state index in [2.05, 4.69) is 9.72 Å². The summed E-state index contributed by atoms with van der Waals surface area (Å²) in [7, 11) is 1.26. The van der Waals surface area contributed by atoms with Gasteiger partial charge in [0.25, 0.3) is 0 Å². The van der Waals surface area contributed by atoms with Crippen molar-refractivity contribution < 1.29 is 31.8 Å². The molecule has 0 unspecified atom stereocenters. The molecule has 0 bridgehead atoms. The van der Waals surface area contributed by atoms with Crippen molar-refractivity contribution in [3.05, 3.63) is 59.4 Å². The van der Waals surface area contributed by atoms with E-state index < -0.39 is 29.8 Å². The first-order valence-electron chi connectivity index (χ1n) is 9.14. The predicted octanol–water partition coefficient (Wildman–Crippen LogP) is 4.65. The van der Waals surface area contributed by atoms with Gasteiger partial charge in [-0.15, -0.1) is 0 Å². The van der Waals surface area contributed by atoms with Gasteiger partial charge in [-0.1, -0.05) is 13.8 Å². The molecule has 1 heterocycles. The van der Waals surface area contributed by atoms with Crippen molar-refractivity contribution in [3.63, 3.8) is 0 Å². The lowest BCUT2D eigenvalue weighted by molar-refractivity contribution is -0.0498. The van der Waals surface area contributed by atoms with Crippen molar-refractivity contribution in [2.75, 3.05) is 7.11 Å². The molecule has 6 nitrogen and oxygen atoms in total. The quantitative estimate of drug-likeness (QED) is 0.546. The molecule has 2 N–H and O–H groups in total. The summed E-state index contributed by atoms with van der Waals surface area (Å²) in [4.78, 5) is 16.4. The molecule has 1 aromatic heterocycles. The van der Waals surface area contributed by atoms with Gasteiger partial charge in [0.1, 0.15) is 23.0 Å². The number of carbonyl (C=O) groups is 1. The maximum absolute atomic E-state index is 14.8. The summed E-state index contributed by atoms with van der Waals surface area (Å²) < 4.78 is 65.4. The maximum Gasteiger partial charge on any atom is 0.387 e. The molecule has 0 radical (unpaired) electrons. The molecule has 31 heavy (non-hydrogen) atoms. The molecule has 0 aliphatic carbocycles. The van der Waals surface area contributed by atoms with Crippen LogP contribution in [0.15, 0.2) is 36.5 Å². The number of amides is 1. The van der Waals surface area contributed by atoms with Crippen LogP contribution >= 0.6 is 0 Å². The summed E-state index contributed by atoms with van der Waals surface area (Å²) in [5, 5.41) is 0. The van der Waals surface area contributed by atoms with Crippen LogP contribution in [-0.4, -0.2) is 29.2 Å². The number of nitrogens with zero attached hydrogens (tertiary/aromatic N) is 2. The number of hydrogen-bond acceptors (Lipinski definition) is 4. The fourth-order valence-electron chi connectivity index (χ4n) is 3.03. The number of carbonyl (C=O) groups excluding carboxylic acids is 1. The van der Waals surface area contributed by atoms with Crippen molar-refractivity contribution in [2.24, 2.45) is 5.73 Å². The van der Waals surface area contributed by atoms with E-state index in [0.29, 0.717) is 5.69 Å². The van der Waals surface area contributed by atoms with Crippen molar-refractivity contribution in [2.45, 2.75) is 26.4 Å². The van der Waals surface area contributed by atoms with Crippen LogP contribution in [0, 0.1) is 11.6 Å². The van der Waals surface area contributed by atoms with E-state index in [1.807, 2.05) is 13.8 Å². The first-order chi connectivity index (χ1) is 14.6. The predicted molar refractivity (Wildman–Crippen MR) is 105 cm³/mol. The second kappa shape index (κ2) is 8.66. The van der Waals surface area contributed by atoms with Crippen LogP contribution in [0.1, 0.15) is 35.8 Å². The molecule has 2 aromatic carbocycles. The molecule has 10 heteroatoms. The Morgan fingerprint density at radius 3 is 2.26 bits per heavy atom. The van der Waals surface area contributed by atoms with Crippen molar-refractivity contribution in [1.82, 2.24) is 9.55 Å². The van der Waals surface area contributed by atoms with Gasteiger partial charge in [0.15, 0.2) is 11.6 Å². The van der Waals surface area contributed by atoms with Gasteiger partial charge in [0.05, 0.1) is 18.4 Å². The molecule has 0 spiro atoms. The number of halogens is 4. The maximum atomic E-state index is 14.8. The number of benzene rings is 2. The van der Waals surface area contributed by atoms with Crippen molar-refractivity contribution >= 4 is 5.91 Å². The Balaban J connectivity index is 2.32. The van der Waals surface area contributed by atoms with Gasteiger partial charge in [0.2, 0.25) is 5.91 Å². The Hall–Kier alpha value is -3.56. The third-order valence-electron chi connectivity index (χ3n) is 4.51. The highest BCUT2D eigenvalue weighted by Crippen LogP contribution is 2.34. The molecule has 3 rings (SSSR count). The number of hydrogen-bond donors (Lipinski definition) is 1. The highest BCUT2D eigenvalue weighted by molar-refractivity contribution is 5.99. The minimum atomic E-state index is -3.12. The lowest BCUT2D eigenvalue weighted by Gasteiger charge is -2.14. The normalized spacial score (nSPS) is 11.3. The van der Waals surface area contributed by atoms with E-state index >= 15 is 0 Å². The standard InChI is InChI=1S/C21H19F4N3O3/c1-10(2)17-9-28(18-15(22)7-12(30-3)8-16(18)23)20(27-17)14-6-11(31-21(24)25)4-5-13(14)19(26)29/h4-10,21H,1-3H3,(H2,26,29). The third-order valence-corrected chi connectivity index (χ3v) is 4.51. The van der Waals surface area contributed by atoms with Crippen LogP contribution in [0.5, 0.6) is 11.5 Å². The lowest BCUT2D eigenvalue weighted by atomic mass is 10.1. The Morgan fingerprint density at radius 1 is 1.10 bits per heavy atom. The minimum absolute atomic E-state index is 0.0211. The molecule has 0 aliphatic heterocycles.